The standard InChI is InChI=1S/C41H45N5O6/c1-41(16-13-36(50-3)14-17-41)15-12-32-25-34(44-38(27-32)40(48)52-5)29-46-21-19-42-18-20-45(22-23-46)28-33-24-31(26-37(43-33)39(47)51-4)7-6-30-8-10-35(49-2)11-9-30/h8-11,13-14,16,24-27,42H,17-23,28-29H2,1-5H3. The third kappa shape index (κ3) is 10.8. The number of nitrogens with zero attached hydrogens (tertiary/aromatic N) is 4. The number of allylic oxidation sites excluding steroid dienone is 3. The Balaban J connectivity index is 1.32. The van der Waals surface area contributed by atoms with Crippen molar-refractivity contribution in [3.63, 3.8) is 0 Å². The summed E-state index contributed by atoms with van der Waals surface area (Å²) in [6, 6.07) is 14.7. The van der Waals surface area contributed by atoms with E-state index in [0.717, 1.165) is 74.1 Å². The highest BCUT2D eigenvalue weighted by Crippen LogP contribution is 2.29. The molecule has 1 aliphatic carbocycles. The summed E-state index contributed by atoms with van der Waals surface area (Å²) in [6.07, 6.45) is 6.72. The molecule has 5 rings (SSSR count). The fourth-order valence-electron chi connectivity index (χ4n) is 5.77. The zero-order chi connectivity index (χ0) is 36.9. The van der Waals surface area contributed by atoms with Crippen molar-refractivity contribution < 1.29 is 28.5 Å². The van der Waals surface area contributed by atoms with Crippen LogP contribution < -0.4 is 10.1 Å². The van der Waals surface area contributed by atoms with Crippen molar-refractivity contribution in [3.05, 3.63) is 112 Å². The van der Waals surface area contributed by atoms with Gasteiger partial charge >= 0.3 is 11.9 Å². The van der Waals surface area contributed by atoms with Gasteiger partial charge in [0.1, 0.15) is 22.9 Å². The topological polar surface area (TPSA) is 115 Å². The molecule has 0 bridgehead atoms. The zero-order valence-corrected chi connectivity index (χ0v) is 30.5. The van der Waals surface area contributed by atoms with Crippen molar-refractivity contribution in [1.29, 1.82) is 0 Å². The largest absolute Gasteiger partial charge is 0.497 e. The van der Waals surface area contributed by atoms with Gasteiger partial charge in [-0.15, -0.1) is 0 Å². The SMILES string of the molecule is COC(=O)c1cc(C#Cc2ccc(OC)cc2)cc(CN2CCNCCN(Cc3cc(C#CC4(C)C=CC(OC)=CC4)cc(C(=O)OC)n3)CC2)n1. The first kappa shape index (κ1) is 37.8. The number of methoxy groups -OCH3 is 4. The molecule has 270 valence electrons. The quantitative estimate of drug-likeness (QED) is 0.269. The lowest BCUT2D eigenvalue weighted by Gasteiger charge is -2.25. The highest BCUT2D eigenvalue weighted by Gasteiger charge is 2.21. The third-order valence-corrected chi connectivity index (χ3v) is 8.77. The number of pyridine rings is 2. The maximum Gasteiger partial charge on any atom is 0.356 e. The first-order valence-electron chi connectivity index (χ1n) is 17.2. The van der Waals surface area contributed by atoms with E-state index in [1.807, 2.05) is 54.6 Å². The number of ether oxygens (including phenoxy) is 4. The Hall–Kier alpha value is -5.46. The summed E-state index contributed by atoms with van der Waals surface area (Å²) < 4.78 is 20.6. The number of carbonyl (C=O) groups excluding carboxylic acids is 2. The van der Waals surface area contributed by atoms with Crippen LogP contribution in [0.5, 0.6) is 5.75 Å². The van der Waals surface area contributed by atoms with Crippen molar-refractivity contribution >= 4 is 11.9 Å². The third-order valence-electron chi connectivity index (χ3n) is 8.77. The number of benzene rings is 1. The monoisotopic (exact) mass is 703 g/mol. The van der Waals surface area contributed by atoms with Gasteiger partial charge in [0.15, 0.2) is 0 Å². The predicted molar refractivity (Wildman–Crippen MR) is 197 cm³/mol. The molecule has 11 heteroatoms. The molecule has 1 N–H and O–H groups in total. The Morgan fingerprint density at radius 1 is 0.750 bits per heavy atom. The molecule has 2 aromatic heterocycles. The minimum Gasteiger partial charge on any atom is -0.497 e. The van der Waals surface area contributed by atoms with Gasteiger partial charge in [-0.25, -0.2) is 19.6 Å². The summed E-state index contributed by atoms with van der Waals surface area (Å²) in [4.78, 5) is 39.1. The van der Waals surface area contributed by atoms with Crippen molar-refractivity contribution in [3.8, 4) is 29.4 Å². The van der Waals surface area contributed by atoms with Gasteiger partial charge in [-0.1, -0.05) is 29.8 Å². The maximum atomic E-state index is 12.6. The number of carbonyl (C=O) groups is 2. The molecule has 1 aromatic carbocycles. The summed E-state index contributed by atoms with van der Waals surface area (Å²) >= 11 is 0. The predicted octanol–water partition coefficient (Wildman–Crippen LogP) is 4.21. The molecule has 11 nitrogen and oxygen atoms in total. The molecule has 1 atom stereocenters. The van der Waals surface area contributed by atoms with E-state index < -0.39 is 11.9 Å². The molecule has 1 unspecified atom stereocenters. The summed E-state index contributed by atoms with van der Waals surface area (Å²) in [5, 5.41) is 3.53. The van der Waals surface area contributed by atoms with Crippen LogP contribution in [0.1, 0.15) is 62.4 Å². The Bertz CT molecular complexity index is 1930. The number of rotatable bonds is 8. The fourth-order valence-corrected chi connectivity index (χ4v) is 5.77. The van der Waals surface area contributed by atoms with Crippen molar-refractivity contribution in [2.45, 2.75) is 26.4 Å². The molecule has 0 amide bonds. The summed E-state index contributed by atoms with van der Waals surface area (Å²) in [7, 11) is 5.97. The lowest BCUT2D eigenvalue weighted by molar-refractivity contribution is 0.0584. The van der Waals surface area contributed by atoms with Gasteiger partial charge < -0.3 is 24.3 Å². The molecule has 1 fully saturated rings. The van der Waals surface area contributed by atoms with Crippen LogP contribution in [-0.2, 0) is 27.3 Å². The van der Waals surface area contributed by atoms with Crippen LogP contribution in [0.3, 0.4) is 0 Å². The summed E-state index contributed by atoms with van der Waals surface area (Å²) in [6.45, 7) is 7.75. The molecule has 0 saturated carbocycles. The van der Waals surface area contributed by atoms with Crippen LogP contribution in [0.25, 0.3) is 0 Å². The lowest BCUT2D eigenvalue weighted by atomic mass is 9.84. The lowest BCUT2D eigenvalue weighted by Crippen LogP contribution is -2.36. The van der Waals surface area contributed by atoms with Crippen LogP contribution in [0.2, 0.25) is 0 Å². The Labute approximate surface area is 306 Å². The van der Waals surface area contributed by atoms with Crippen molar-refractivity contribution in [2.24, 2.45) is 5.41 Å². The van der Waals surface area contributed by atoms with Crippen molar-refractivity contribution in [1.82, 2.24) is 25.1 Å². The fraction of sp³-hybridized carbons (Fsp3) is 0.366. The number of nitrogens with one attached hydrogen (secondary N) is 1. The van der Waals surface area contributed by atoms with Gasteiger partial charge in [0.05, 0.1) is 45.2 Å². The minimum atomic E-state index is -0.515. The molecular formula is C41H45N5O6. The van der Waals surface area contributed by atoms with Gasteiger partial charge in [-0.05, 0) is 74.0 Å². The molecule has 2 aliphatic rings. The number of aromatic nitrogens is 2. The van der Waals surface area contributed by atoms with E-state index in [9.17, 15) is 9.59 Å². The summed E-state index contributed by atoms with van der Waals surface area (Å²) in [5.74, 6) is 13.6. The number of hydrogen-bond acceptors (Lipinski definition) is 11. The Kier molecular flexibility index (Phi) is 13.2. The maximum absolute atomic E-state index is 12.6. The minimum absolute atomic E-state index is 0.211. The van der Waals surface area contributed by atoms with E-state index in [0.29, 0.717) is 24.2 Å². The van der Waals surface area contributed by atoms with Crippen LogP contribution in [-0.4, -0.2) is 99.4 Å². The van der Waals surface area contributed by atoms with Crippen LogP contribution in [0.4, 0.5) is 0 Å². The van der Waals surface area contributed by atoms with Gasteiger partial charge in [-0.3, -0.25) is 9.80 Å². The molecule has 0 spiro atoms. The van der Waals surface area contributed by atoms with E-state index in [1.54, 1.807) is 26.4 Å². The number of esters is 2. The molecule has 3 aromatic rings. The molecule has 3 heterocycles. The normalized spacial score (nSPS) is 17.8. The molecule has 52 heavy (non-hydrogen) atoms. The van der Waals surface area contributed by atoms with E-state index in [2.05, 4.69) is 55.7 Å². The molecule has 0 radical (unpaired) electrons. The smallest absolute Gasteiger partial charge is 0.356 e. The Morgan fingerprint density at radius 3 is 1.81 bits per heavy atom. The average Bonchev–Trinajstić information content (AvgIpc) is 3.28. The van der Waals surface area contributed by atoms with Gasteiger partial charge in [0, 0.05) is 69.0 Å². The number of hydrogen-bond donors (Lipinski definition) is 1. The van der Waals surface area contributed by atoms with Gasteiger partial charge in [0.25, 0.3) is 0 Å². The summed E-state index contributed by atoms with van der Waals surface area (Å²) in [5.41, 5.74) is 3.73. The highest BCUT2D eigenvalue weighted by atomic mass is 16.5. The van der Waals surface area contributed by atoms with Crippen LogP contribution in [0, 0.1) is 29.1 Å². The van der Waals surface area contributed by atoms with Gasteiger partial charge in [0.2, 0.25) is 0 Å². The second-order valence-corrected chi connectivity index (χ2v) is 12.7. The zero-order valence-electron chi connectivity index (χ0n) is 30.5. The van der Waals surface area contributed by atoms with Crippen LogP contribution in [0.15, 0.2) is 72.5 Å². The molecular weight excluding hydrogens is 658 g/mol. The van der Waals surface area contributed by atoms with E-state index in [4.69, 9.17) is 18.9 Å². The van der Waals surface area contributed by atoms with Crippen molar-refractivity contribution in [2.75, 3.05) is 67.7 Å². The van der Waals surface area contributed by atoms with E-state index in [-0.39, 0.29) is 16.8 Å². The van der Waals surface area contributed by atoms with E-state index >= 15 is 0 Å². The second-order valence-electron chi connectivity index (χ2n) is 12.7. The van der Waals surface area contributed by atoms with Crippen LogP contribution >= 0.6 is 0 Å². The van der Waals surface area contributed by atoms with E-state index in [1.165, 1.54) is 14.2 Å². The first-order valence-corrected chi connectivity index (χ1v) is 17.2. The molecule has 1 saturated heterocycles. The average molecular weight is 704 g/mol. The Morgan fingerprint density at radius 2 is 1.31 bits per heavy atom. The molecule has 1 aliphatic heterocycles. The second kappa shape index (κ2) is 18.2. The van der Waals surface area contributed by atoms with Gasteiger partial charge in [-0.2, -0.15) is 0 Å². The first-order chi connectivity index (χ1) is 25.2. The highest BCUT2D eigenvalue weighted by molar-refractivity contribution is 5.88.